The summed E-state index contributed by atoms with van der Waals surface area (Å²) < 4.78 is 37.9. The van der Waals surface area contributed by atoms with Crippen molar-refractivity contribution < 1.29 is 18.0 Å². The fourth-order valence-electron chi connectivity index (χ4n) is 1.47. The van der Waals surface area contributed by atoms with Crippen molar-refractivity contribution in [3.8, 4) is 0 Å². The van der Waals surface area contributed by atoms with Gasteiger partial charge in [-0.25, -0.2) is 0 Å². The lowest BCUT2D eigenvalue weighted by Crippen LogP contribution is -2.08. The molecule has 98 valence electrons. The van der Waals surface area contributed by atoms with Crippen molar-refractivity contribution in [2.24, 2.45) is 0 Å². The molecule has 0 fully saturated rings. The summed E-state index contributed by atoms with van der Waals surface area (Å²) in [7, 11) is 0. The van der Waals surface area contributed by atoms with Gasteiger partial charge >= 0.3 is 6.18 Å². The van der Waals surface area contributed by atoms with Crippen molar-refractivity contribution >= 4 is 21.7 Å². The average molecular weight is 321 g/mol. The molecule has 5 heteroatoms. The largest absolute Gasteiger partial charge is 0.417 e. The van der Waals surface area contributed by atoms with Gasteiger partial charge in [-0.1, -0.05) is 28.1 Å². The lowest BCUT2D eigenvalue weighted by molar-refractivity contribution is -0.138. The zero-order valence-corrected chi connectivity index (χ0v) is 11.1. The molecule has 0 aliphatic heterocycles. The van der Waals surface area contributed by atoms with Crippen LogP contribution in [-0.4, -0.2) is 5.78 Å². The molecule has 0 spiro atoms. The third kappa shape index (κ3) is 3.98. The van der Waals surface area contributed by atoms with Gasteiger partial charge in [0.2, 0.25) is 0 Å². The van der Waals surface area contributed by atoms with Gasteiger partial charge in [-0.15, -0.1) is 6.58 Å². The fourth-order valence-corrected chi connectivity index (χ4v) is 1.94. The van der Waals surface area contributed by atoms with E-state index in [0.717, 1.165) is 6.07 Å². The van der Waals surface area contributed by atoms with Gasteiger partial charge in [0.1, 0.15) is 0 Å². The van der Waals surface area contributed by atoms with E-state index in [-0.39, 0.29) is 22.2 Å². The molecule has 1 nitrogen and oxygen atoms in total. The lowest BCUT2D eigenvalue weighted by atomic mass is 10.0. The Balaban J connectivity index is 2.91. The molecule has 0 unspecified atom stereocenters. The minimum absolute atomic E-state index is 0.0577. The van der Waals surface area contributed by atoms with Crippen LogP contribution in [-0.2, 0) is 6.18 Å². The molecular weight excluding hydrogens is 309 g/mol. The summed E-state index contributed by atoms with van der Waals surface area (Å²) in [6, 6.07) is 3.54. The Morgan fingerprint density at radius 2 is 2.06 bits per heavy atom. The third-order valence-corrected chi connectivity index (χ3v) is 3.10. The van der Waals surface area contributed by atoms with Crippen LogP contribution < -0.4 is 0 Å². The van der Waals surface area contributed by atoms with E-state index >= 15 is 0 Å². The van der Waals surface area contributed by atoms with Crippen molar-refractivity contribution in [1.29, 1.82) is 0 Å². The standard InChI is InChI=1S/C13H12BrF3O/c1-2-3-4-5-12(18)9-6-7-11(14)10(8-9)13(15,16)17/h2,6-8H,1,3-5H2. The molecule has 0 radical (unpaired) electrons. The first-order chi connectivity index (χ1) is 8.36. The molecule has 0 N–H and O–H groups in total. The Hall–Kier alpha value is -1.10. The lowest BCUT2D eigenvalue weighted by Gasteiger charge is -2.10. The molecule has 1 rings (SSSR count). The van der Waals surface area contributed by atoms with E-state index in [1.54, 1.807) is 6.08 Å². The van der Waals surface area contributed by atoms with Crippen LogP contribution in [0.3, 0.4) is 0 Å². The van der Waals surface area contributed by atoms with Crippen molar-refractivity contribution in [3.63, 3.8) is 0 Å². The fraction of sp³-hybridized carbons (Fsp3) is 0.308. The number of ketones is 1. The van der Waals surface area contributed by atoms with Gasteiger partial charge in [-0.2, -0.15) is 13.2 Å². The number of allylic oxidation sites excluding steroid dienone is 1. The molecule has 0 atom stereocenters. The van der Waals surface area contributed by atoms with Crippen LogP contribution in [0, 0.1) is 0 Å². The molecule has 1 aromatic carbocycles. The van der Waals surface area contributed by atoms with Gasteiger partial charge in [0, 0.05) is 16.5 Å². The van der Waals surface area contributed by atoms with E-state index in [0.29, 0.717) is 12.8 Å². The van der Waals surface area contributed by atoms with Crippen LogP contribution in [0.25, 0.3) is 0 Å². The first-order valence-corrected chi connectivity index (χ1v) is 6.16. The summed E-state index contributed by atoms with van der Waals surface area (Å²) in [6.45, 7) is 3.52. The number of hydrogen-bond donors (Lipinski definition) is 0. The van der Waals surface area contributed by atoms with Gasteiger partial charge in [-0.3, -0.25) is 4.79 Å². The summed E-state index contributed by atoms with van der Waals surface area (Å²) >= 11 is 2.83. The molecule has 0 aromatic heterocycles. The van der Waals surface area contributed by atoms with Gasteiger partial charge in [0.05, 0.1) is 5.56 Å². The quantitative estimate of drug-likeness (QED) is 0.423. The second-order valence-corrected chi connectivity index (χ2v) is 4.65. The monoisotopic (exact) mass is 320 g/mol. The molecule has 0 saturated carbocycles. The number of carbonyl (C=O) groups excluding carboxylic acids is 1. The molecule has 0 heterocycles. The molecular formula is C13H12BrF3O. The van der Waals surface area contributed by atoms with Crippen LogP contribution in [0.5, 0.6) is 0 Å². The number of Topliss-reactive ketones (excluding diaryl/α,β-unsaturated/α-hetero) is 1. The highest BCUT2D eigenvalue weighted by Crippen LogP contribution is 2.35. The molecule has 18 heavy (non-hydrogen) atoms. The Morgan fingerprint density at radius 3 is 2.61 bits per heavy atom. The first-order valence-electron chi connectivity index (χ1n) is 5.37. The molecule has 0 amide bonds. The minimum Gasteiger partial charge on any atom is -0.294 e. The van der Waals surface area contributed by atoms with Crippen LogP contribution in [0.15, 0.2) is 35.3 Å². The summed E-state index contributed by atoms with van der Waals surface area (Å²) in [6.07, 6.45) is -1.29. The van der Waals surface area contributed by atoms with Crippen LogP contribution in [0.4, 0.5) is 13.2 Å². The Kier molecular flexibility index (Phi) is 5.14. The second kappa shape index (κ2) is 6.18. The van der Waals surface area contributed by atoms with Crippen LogP contribution >= 0.6 is 15.9 Å². The number of rotatable bonds is 5. The van der Waals surface area contributed by atoms with E-state index in [9.17, 15) is 18.0 Å². The zero-order valence-electron chi connectivity index (χ0n) is 9.56. The average Bonchev–Trinajstić information content (AvgIpc) is 2.28. The maximum absolute atomic E-state index is 12.6. The normalized spacial score (nSPS) is 11.3. The van der Waals surface area contributed by atoms with E-state index in [1.807, 2.05) is 0 Å². The van der Waals surface area contributed by atoms with Crippen molar-refractivity contribution in [3.05, 3.63) is 46.5 Å². The highest BCUT2D eigenvalue weighted by molar-refractivity contribution is 9.10. The summed E-state index contributed by atoms with van der Waals surface area (Å²) in [5, 5.41) is 0. The Morgan fingerprint density at radius 1 is 1.39 bits per heavy atom. The van der Waals surface area contributed by atoms with Crippen LogP contribution in [0.2, 0.25) is 0 Å². The summed E-state index contributed by atoms with van der Waals surface area (Å²) in [5.41, 5.74) is -0.730. The Bertz CT molecular complexity index is 452. The number of unbranched alkanes of at least 4 members (excludes halogenated alkanes) is 1. The molecule has 0 bridgehead atoms. The maximum Gasteiger partial charge on any atom is 0.417 e. The predicted octanol–water partition coefficient (Wildman–Crippen LogP) is 5.01. The highest BCUT2D eigenvalue weighted by atomic mass is 79.9. The highest BCUT2D eigenvalue weighted by Gasteiger charge is 2.33. The number of halogens is 4. The molecule has 0 saturated heterocycles. The number of benzene rings is 1. The topological polar surface area (TPSA) is 17.1 Å². The van der Waals surface area contributed by atoms with Crippen molar-refractivity contribution in [1.82, 2.24) is 0 Å². The van der Waals surface area contributed by atoms with E-state index in [1.165, 1.54) is 12.1 Å². The smallest absolute Gasteiger partial charge is 0.294 e. The molecule has 1 aromatic rings. The van der Waals surface area contributed by atoms with Crippen molar-refractivity contribution in [2.75, 3.05) is 0 Å². The van der Waals surface area contributed by atoms with Crippen LogP contribution in [0.1, 0.15) is 35.2 Å². The van der Waals surface area contributed by atoms with E-state index in [4.69, 9.17) is 0 Å². The minimum atomic E-state index is -4.46. The summed E-state index contributed by atoms with van der Waals surface area (Å²) in [4.78, 5) is 11.7. The van der Waals surface area contributed by atoms with Crippen molar-refractivity contribution in [2.45, 2.75) is 25.4 Å². The van der Waals surface area contributed by atoms with Gasteiger partial charge in [0.15, 0.2) is 5.78 Å². The first kappa shape index (κ1) is 15.0. The maximum atomic E-state index is 12.6. The van der Waals surface area contributed by atoms with Gasteiger partial charge in [0.25, 0.3) is 0 Å². The zero-order chi connectivity index (χ0) is 13.8. The summed E-state index contributed by atoms with van der Waals surface area (Å²) in [5.74, 6) is -0.283. The van der Waals surface area contributed by atoms with Gasteiger partial charge < -0.3 is 0 Å². The SMILES string of the molecule is C=CCCCC(=O)c1ccc(Br)c(C(F)(F)F)c1. The third-order valence-electron chi connectivity index (χ3n) is 2.41. The second-order valence-electron chi connectivity index (χ2n) is 3.80. The Labute approximate surface area is 112 Å². The number of alkyl halides is 3. The van der Waals surface area contributed by atoms with E-state index < -0.39 is 11.7 Å². The molecule has 0 aliphatic rings. The number of carbonyl (C=O) groups is 1. The van der Waals surface area contributed by atoms with E-state index in [2.05, 4.69) is 22.5 Å². The van der Waals surface area contributed by atoms with Gasteiger partial charge in [-0.05, 0) is 25.0 Å². The number of hydrogen-bond acceptors (Lipinski definition) is 1. The molecule has 0 aliphatic carbocycles. The predicted molar refractivity (Wildman–Crippen MR) is 67.5 cm³/mol.